The lowest BCUT2D eigenvalue weighted by atomic mass is 9.47. The molecule has 0 saturated heterocycles. The largest absolute Gasteiger partial charge is 0.457 e. The van der Waals surface area contributed by atoms with Crippen molar-refractivity contribution in [3.8, 4) is 0 Å². The topological polar surface area (TPSA) is 55.8 Å². The molecule has 2 unspecified atom stereocenters. The van der Waals surface area contributed by atoms with Gasteiger partial charge in [0, 0.05) is 18.8 Å². The fourth-order valence-corrected chi connectivity index (χ4v) is 5.26. The molecule has 4 rings (SSSR count). The molecule has 4 aliphatic carbocycles. The van der Waals surface area contributed by atoms with E-state index in [1.165, 1.54) is 0 Å². The zero-order valence-electron chi connectivity index (χ0n) is 13.1. The Morgan fingerprint density at radius 2 is 1.86 bits per heavy atom. The first-order valence-corrected chi connectivity index (χ1v) is 8.12. The molecule has 0 amide bonds. The van der Waals surface area contributed by atoms with Crippen LogP contribution in [0.15, 0.2) is 0 Å². The number of alkyl halides is 2. The van der Waals surface area contributed by atoms with E-state index in [-0.39, 0.29) is 11.8 Å². The molecule has 0 radical (unpaired) electrons. The summed E-state index contributed by atoms with van der Waals surface area (Å²) in [5.74, 6) is 0.0135. The first-order valence-electron chi connectivity index (χ1n) is 8.12. The summed E-state index contributed by atoms with van der Waals surface area (Å²) in [5, 5.41) is 10.6. The van der Waals surface area contributed by atoms with E-state index in [1.54, 1.807) is 0 Å². The molecule has 1 N–H and O–H groups in total. The van der Waals surface area contributed by atoms with Crippen LogP contribution in [0.25, 0.3) is 0 Å². The molecule has 0 spiro atoms. The van der Waals surface area contributed by atoms with Crippen molar-refractivity contribution in [1.82, 2.24) is 0 Å². The molecule has 0 aromatic rings. The first-order chi connectivity index (χ1) is 10.2. The minimum absolute atomic E-state index is 0.125. The Labute approximate surface area is 129 Å². The predicted octanol–water partition coefficient (Wildman–Crippen LogP) is 2.88. The minimum atomic E-state index is -3.34. The quantitative estimate of drug-likeness (QED) is 0.792. The molecule has 0 aliphatic heterocycles. The molecule has 4 nitrogen and oxygen atoms in total. The highest BCUT2D eigenvalue weighted by molar-refractivity contribution is 5.71. The third-order valence-electron chi connectivity index (χ3n) is 5.84. The van der Waals surface area contributed by atoms with Crippen LogP contribution in [0, 0.1) is 17.8 Å². The van der Waals surface area contributed by atoms with Crippen LogP contribution in [-0.4, -0.2) is 35.0 Å². The number of ether oxygens (including phenoxy) is 2. The van der Waals surface area contributed by atoms with Gasteiger partial charge < -0.3 is 14.6 Å². The van der Waals surface area contributed by atoms with Crippen molar-refractivity contribution in [1.29, 1.82) is 0 Å². The van der Waals surface area contributed by atoms with Crippen LogP contribution in [0.2, 0.25) is 0 Å². The van der Waals surface area contributed by atoms with E-state index < -0.39 is 29.9 Å². The second-order valence-electron chi connectivity index (χ2n) is 7.45. The Morgan fingerprint density at radius 1 is 1.27 bits per heavy atom. The summed E-state index contributed by atoms with van der Waals surface area (Å²) in [4.78, 5) is 12.0. The molecule has 4 saturated carbocycles. The SMILES string of the molecule is CCC1(OC(=O)COC(C)(F)F)C2CC3CC1CC(O)(C3)C2. The number of esters is 1. The van der Waals surface area contributed by atoms with Crippen molar-refractivity contribution >= 4 is 5.97 Å². The Bertz CT molecular complexity index is 444. The molecule has 4 fully saturated rings. The van der Waals surface area contributed by atoms with Gasteiger partial charge in [-0.1, -0.05) is 6.92 Å². The van der Waals surface area contributed by atoms with Crippen LogP contribution < -0.4 is 0 Å². The second-order valence-corrected chi connectivity index (χ2v) is 7.45. The summed E-state index contributed by atoms with van der Waals surface area (Å²) in [7, 11) is 0. The average Bonchev–Trinajstić information content (AvgIpc) is 2.38. The molecule has 0 aromatic carbocycles. The van der Waals surface area contributed by atoms with Gasteiger partial charge in [0.2, 0.25) is 0 Å². The summed E-state index contributed by atoms with van der Waals surface area (Å²) in [6.45, 7) is 1.83. The zero-order chi connectivity index (χ0) is 16.2. The van der Waals surface area contributed by atoms with Gasteiger partial charge in [0.15, 0.2) is 6.61 Å². The van der Waals surface area contributed by atoms with Crippen LogP contribution in [0.5, 0.6) is 0 Å². The van der Waals surface area contributed by atoms with Crippen LogP contribution in [0.4, 0.5) is 8.78 Å². The molecular formula is C16H24F2O4. The Hall–Kier alpha value is -0.750. The number of halogens is 2. The molecular weight excluding hydrogens is 294 g/mol. The van der Waals surface area contributed by atoms with Gasteiger partial charge in [-0.05, 0) is 44.4 Å². The van der Waals surface area contributed by atoms with Gasteiger partial charge >= 0.3 is 12.1 Å². The molecule has 0 aromatic heterocycles. The molecule has 4 bridgehead atoms. The zero-order valence-corrected chi connectivity index (χ0v) is 13.1. The van der Waals surface area contributed by atoms with Gasteiger partial charge in [-0.2, -0.15) is 8.78 Å². The highest BCUT2D eigenvalue weighted by Crippen LogP contribution is 2.62. The number of aliphatic hydroxyl groups is 1. The minimum Gasteiger partial charge on any atom is -0.457 e. The molecule has 2 atom stereocenters. The van der Waals surface area contributed by atoms with Crippen LogP contribution in [-0.2, 0) is 14.3 Å². The number of carbonyl (C=O) groups is 1. The maximum Gasteiger partial charge on any atom is 0.353 e. The number of hydrogen-bond acceptors (Lipinski definition) is 4. The molecule has 126 valence electrons. The number of hydrogen-bond donors (Lipinski definition) is 1. The lowest BCUT2D eigenvalue weighted by Crippen LogP contribution is -2.64. The Morgan fingerprint density at radius 3 is 2.32 bits per heavy atom. The van der Waals surface area contributed by atoms with Crippen LogP contribution in [0.1, 0.15) is 52.4 Å². The van der Waals surface area contributed by atoms with E-state index in [0.717, 1.165) is 19.3 Å². The molecule has 4 aliphatic rings. The maximum atomic E-state index is 12.7. The number of rotatable bonds is 5. The van der Waals surface area contributed by atoms with Gasteiger partial charge in [0.05, 0.1) is 5.60 Å². The van der Waals surface area contributed by atoms with Crippen molar-refractivity contribution in [2.45, 2.75) is 69.7 Å². The second kappa shape index (κ2) is 5.13. The highest BCUT2D eigenvalue weighted by Gasteiger charge is 2.63. The van der Waals surface area contributed by atoms with Crippen molar-refractivity contribution in [2.24, 2.45) is 17.8 Å². The Kier molecular flexibility index (Phi) is 3.76. The summed E-state index contributed by atoms with van der Waals surface area (Å²) in [6.07, 6.45) is 1.35. The summed E-state index contributed by atoms with van der Waals surface area (Å²) in [5.41, 5.74) is -1.23. The predicted molar refractivity (Wildman–Crippen MR) is 74.2 cm³/mol. The van der Waals surface area contributed by atoms with E-state index in [0.29, 0.717) is 32.1 Å². The van der Waals surface area contributed by atoms with Crippen LogP contribution >= 0.6 is 0 Å². The maximum absolute atomic E-state index is 12.7. The van der Waals surface area contributed by atoms with Crippen LogP contribution in [0.3, 0.4) is 0 Å². The standard InChI is InChI=1S/C16H24F2O4/c1-3-16(22-13(19)9-21-14(2,17)18)11-4-10-5-12(16)8-15(20,6-10)7-11/h10-12,20H,3-9H2,1-2H3. The van der Waals surface area contributed by atoms with E-state index in [1.807, 2.05) is 6.92 Å². The third-order valence-corrected chi connectivity index (χ3v) is 5.84. The van der Waals surface area contributed by atoms with Gasteiger partial charge in [0.25, 0.3) is 0 Å². The Balaban J connectivity index is 1.72. The normalized spacial score (nSPS) is 43.4. The molecule has 6 heteroatoms. The van der Waals surface area contributed by atoms with Gasteiger partial charge in [-0.3, -0.25) is 0 Å². The molecule has 22 heavy (non-hydrogen) atoms. The fourth-order valence-electron chi connectivity index (χ4n) is 5.26. The molecule has 0 heterocycles. The fraction of sp³-hybridized carbons (Fsp3) is 0.938. The summed E-state index contributed by atoms with van der Waals surface area (Å²) >= 11 is 0. The lowest BCUT2D eigenvalue weighted by molar-refractivity contribution is -0.257. The monoisotopic (exact) mass is 318 g/mol. The summed E-state index contributed by atoms with van der Waals surface area (Å²) in [6, 6.07) is 0. The van der Waals surface area contributed by atoms with E-state index >= 15 is 0 Å². The van der Waals surface area contributed by atoms with E-state index in [4.69, 9.17) is 4.74 Å². The average molecular weight is 318 g/mol. The van der Waals surface area contributed by atoms with E-state index in [9.17, 15) is 18.7 Å². The summed E-state index contributed by atoms with van der Waals surface area (Å²) < 4.78 is 35.4. The third kappa shape index (κ3) is 2.75. The number of carbonyl (C=O) groups excluding carboxylic acids is 1. The first kappa shape index (κ1) is 16.1. The lowest BCUT2D eigenvalue weighted by Gasteiger charge is -2.62. The highest BCUT2D eigenvalue weighted by atomic mass is 19.3. The van der Waals surface area contributed by atoms with Gasteiger partial charge in [-0.15, -0.1) is 0 Å². The van der Waals surface area contributed by atoms with E-state index in [2.05, 4.69) is 4.74 Å². The van der Waals surface area contributed by atoms with Crippen molar-refractivity contribution < 1.29 is 28.2 Å². The van der Waals surface area contributed by atoms with Gasteiger partial charge in [0.1, 0.15) is 5.60 Å². The van der Waals surface area contributed by atoms with Gasteiger partial charge in [-0.25, -0.2) is 4.79 Å². The van der Waals surface area contributed by atoms with Crippen molar-refractivity contribution in [3.05, 3.63) is 0 Å². The van der Waals surface area contributed by atoms with Crippen molar-refractivity contribution in [2.75, 3.05) is 6.61 Å². The smallest absolute Gasteiger partial charge is 0.353 e. The van der Waals surface area contributed by atoms with Crippen molar-refractivity contribution in [3.63, 3.8) is 0 Å².